The molecule has 26 heavy (non-hydrogen) atoms. The molecule has 1 atom stereocenters. The van der Waals surface area contributed by atoms with Gasteiger partial charge < -0.3 is 15.0 Å². The maximum atomic E-state index is 6.00. The quantitative estimate of drug-likeness (QED) is 0.683. The Balaban J connectivity index is 1.47. The van der Waals surface area contributed by atoms with Crippen LogP contribution in [0.5, 0.6) is 5.75 Å². The van der Waals surface area contributed by atoms with Crippen molar-refractivity contribution in [2.75, 3.05) is 39.3 Å². The topological polar surface area (TPSA) is 24.5 Å². The second-order valence-corrected chi connectivity index (χ2v) is 8.53. The van der Waals surface area contributed by atoms with E-state index in [2.05, 4.69) is 48.3 Å². The smallest absolute Gasteiger partial charge is 0.119 e. The molecule has 1 N–H and O–H groups in total. The average molecular weight is 359 g/mol. The first-order valence-electron chi connectivity index (χ1n) is 10.9. The molecule has 2 fully saturated rings. The van der Waals surface area contributed by atoms with Crippen molar-refractivity contribution in [3.05, 3.63) is 29.8 Å². The first-order chi connectivity index (χ1) is 12.7. The van der Waals surface area contributed by atoms with Crippen molar-refractivity contribution in [3.8, 4) is 5.75 Å². The monoisotopic (exact) mass is 358 g/mol. The van der Waals surface area contributed by atoms with Crippen molar-refractivity contribution >= 4 is 0 Å². The van der Waals surface area contributed by atoms with E-state index < -0.39 is 0 Å². The fourth-order valence-corrected chi connectivity index (χ4v) is 4.85. The Bertz CT molecular complexity index is 501. The Morgan fingerprint density at radius 2 is 1.73 bits per heavy atom. The SMILES string of the molecule is CC(C)C(c1ccc(OCCCN2CCCCC2)cc1)C1CCNCC1. The zero-order valence-electron chi connectivity index (χ0n) is 16.9. The number of ether oxygens (including phenoxy) is 1. The van der Waals surface area contributed by atoms with Crippen LogP contribution in [-0.4, -0.2) is 44.2 Å². The lowest BCUT2D eigenvalue weighted by molar-refractivity contribution is 0.205. The van der Waals surface area contributed by atoms with Crippen molar-refractivity contribution in [2.24, 2.45) is 11.8 Å². The van der Waals surface area contributed by atoms with Gasteiger partial charge in [0.05, 0.1) is 6.61 Å². The molecule has 2 saturated heterocycles. The number of nitrogens with one attached hydrogen (secondary N) is 1. The minimum atomic E-state index is 0.672. The first kappa shape index (κ1) is 19.7. The summed E-state index contributed by atoms with van der Waals surface area (Å²) in [7, 11) is 0. The summed E-state index contributed by atoms with van der Waals surface area (Å²) in [4.78, 5) is 2.59. The Morgan fingerprint density at radius 1 is 1.04 bits per heavy atom. The van der Waals surface area contributed by atoms with Crippen LogP contribution in [0, 0.1) is 11.8 Å². The van der Waals surface area contributed by atoms with E-state index in [0.717, 1.165) is 24.7 Å². The highest BCUT2D eigenvalue weighted by atomic mass is 16.5. The van der Waals surface area contributed by atoms with Crippen LogP contribution in [0.1, 0.15) is 63.9 Å². The van der Waals surface area contributed by atoms with Gasteiger partial charge in [-0.2, -0.15) is 0 Å². The van der Waals surface area contributed by atoms with E-state index in [-0.39, 0.29) is 0 Å². The lowest BCUT2D eigenvalue weighted by Crippen LogP contribution is -2.32. The van der Waals surface area contributed by atoms with Crippen LogP contribution < -0.4 is 10.1 Å². The van der Waals surface area contributed by atoms with Gasteiger partial charge in [-0.15, -0.1) is 0 Å². The van der Waals surface area contributed by atoms with Crippen molar-refractivity contribution in [1.82, 2.24) is 10.2 Å². The molecule has 0 amide bonds. The van der Waals surface area contributed by atoms with Gasteiger partial charge in [-0.1, -0.05) is 32.4 Å². The maximum Gasteiger partial charge on any atom is 0.119 e. The molecule has 3 rings (SSSR count). The number of piperidine rings is 2. The number of hydrogen-bond donors (Lipinski definition) is 1. The van der Waals surface area contributed by atoms with Crippen LogP contribution in [0.4, 0.5) is 0 Å². The first-order valence-corrected chi connectivity index (χ1v) is 10.9. The number of hydrogen-bond acceptors (Lipinski definition) is 3. The van der Waals surface area contributed by atoms with E-state index in [9.17, 15) is 0 Å². The number of nitrogens with zero attached hydrogens (tertiary/aromatic N) is 1. The Kier molecular flexibility index (Phi) is 7.82. The Hall–Kier alpha value is -1.06. The molecule has 146 valence electrons. The summed E-state index contributed by atoms with van der Waals surface area (Å²) in [5.74, 6) is 3.20. The standard InChI is InChI=1S/C23H38N2O/c1-19(2)23(21-11-13-24-14-12-21)20-7-9-22(10-8-20)26-18-6-17-25-15-4-3-5-16-25/h7-10,19,21,23-24H,3-6,11-18H2,1-2H3. The molecule has 0 spiro atoms. The van der Waals surface area contributed by atoms with Gasteiger partial charge in [-0.3, -0.25) is 0 Å². The molecule has 1 unspecified atom stereocenters. The third kappa shape index (κ3) is 5.72. The van der Waals surface area contributed by atoms with Crippen molar-refractivity contribution in [3.63, 3.8) is 0 Å². The van der Waals surface area contributed by atoms with Crippen LogP contribution >= 0.6 is 0 Å². The van der Waals surface area contributed by atoms with E-state index in [1.807, 2.05) is 0 Å². The second-order valence-electron chi connectivity index (χ2n) is 8.53. The van der Waals surface area contributed by atoms with Gasteiger partial charge in [0.2, 0.25) is 0 Å². The maximum absolute atomic E-state index is 6.00. The van der Waals surface area contributed by atoms with Gasteiger partial charge in [0.25, 0.3) is 0 Å². The predicted molar refractivity (Wildman–Crippen MR) is 110 cm³/mol. The largest absolute Gasteiger partial charge is 0.494 e. The highest BCUT2D eigenvalue weighted by Gasteiger charge is 2.27. The lowest BCUT2D eigenvalue weighted by atomic mass is 9.74. The van der Waals surface area contributed by atoms with E-state index in [0.29, 0.717) is 11.8 Å². The molecule has 0 radical (unpaired) electrons. The van der Waals surface area contributed by atoms with Crippen molar-refractivity contribution in [2.45, 2.75) is 58.3 Å². The summed E-state index contributed by atoms with van der Waals surface area (Å²) >= 11 is 0. The fraction of sp³-hybridized carbons (Fsp3) is 0.739. The van der Waals surface area contributed by atoms with Gasteiger partial charge in [0.1, 0.15) is 5.75 Å². The third-order valence-corrected chi connectivity index (χ3v) is 6.21. The fourth-order valence-electron chi connectivity index (χ4n) is 4.85. The third-order valence-electron chi connectivity index (χ3n) is 6.21. The molecule has 2 aliphatic heterocycles. The van der Waals surface area contributed by atoms with Crippen LogP contribution in [0.25, 0.3) is 0 Å². The molecule has 3 nitrogen and oxygen atoms in total. The summed E-state index contributed by atoms with van der Waals surface area (Å²) in [6.07, 6.45) is 7.89. The molecule has 0 aromatic heterocycles. The van der Waals surface area contributed by atoms with Gasteiger partial charge in [0, 0.05) is 6.54 Å². The molecule has 1 aromatic carbocycles. The van der Waals surface area contributed by atoms with E-state index in [1.54, 1.807) is 0 Å². The highest BCUT2D eigenvalue weighted by molar-refractivity contribution is 5.30. The normalized spacial score (nSPS) is 21.0. The zero-order valence-corrected chi connectivity index (χ0v) is 16.9. The molecule has 0 saturated carbocycles. The van der Waals surface area contributed by atoms with E-state index >= 15 is 0 Å². The summed E-state index contributed by atoms with van der Waals surface area (Å²) < 4.78 is 6.00. The minimum absolute atomic E-state index is 0.672. The van der Waals surface area contributed by atoms with E-state index in [1.165, 1.54) is 70.4 Å². The predicted octanol–water partition coefficient (Wildman–Crippen LogP) is 4.68. The number of benzene rings is 1. The van der Waals surface area contributed by atoms with Gasteiger partial charge in [0.15, 0.2) is 0 Å². The van der Waals surface area contributed by atoms with Gasteiger partial charge >= 0.3 is 0 Å². The molecule has 3 heteroatoms. The van der Waals surface area contributed by atoms with Crippen molar-refractivity contribution < 1.29 is 4.74 Å². The average Bonchev–Trinajstić information content (AvgIpc) is 2.68. The highest BCUT2D eigenvalue weighted by Crippen LogP contribution is 2.37. The van der Waals surface area contributed by atoms with Gasteiger partial charge in [-0.05, 0) is 93.7 Å². The summed E-state index contributed by atoms with van der Waals surface area (Å²) in [5.41, 5.74) is 1.49. The molecule has 0 bridgehead atoms. The molecule has 2 aliphatic rings. The molecule has 2 heterocycles. The van der Waals surface area contributed by atoms with E-state index in [4.69, 9.17) is 4.74 Å². The molecule has 0 aliphatic carbocycles. The Morgan fingerprint density at radius 3 is 2.38 bits per heavy atom. The second kappa shape index (κ2) is 10.3. The lowest BCUT2D eigenvalue weighted by Gasteiger charge is -2.34. The van der Waals surface area contributed by atoms with Crippen LogP contribution in [0.3, 0.4) is 0 Å². The zero-order chi connectivity index (χ0) is 18.2. The Labute approximate surface area is 160 Å². The van der Waals surface area contributed by atoms with Crippen LogP contribution in [0.2, 0.25) is 0 Å². The number of rotatable bonds is 8. The minimum Gasteiger partial charge on any atom is -0.494 e. The summed E-state index contributed by atoms with van der Waals surface area (Å²) in [5, 5.41) is 3.50. The summed E-state index contributed by atoms with van der Waals surface area (Å²) in [6.45, 7) is 11.7. The van der Waals surface area contributed by atoms with Crippen molar-refractivity contribution in [1.29, 1.82) is 0 Å². The molecular weight excluding hydrogens is 320 g/mol. The number of likely N-dealkylation sites (tertiary alicyclic amines) is 1. The van der Waals surface area contributed by atoms with Crippen LogP contribution in [0.15, 0.2) is 24.3 Å². The van der Waals surface area contributed by atoms with Crippen LogP contribution in [-0.2, 0) is 0 Å². The molecular formula is C23H38N2O. The van der Waals surface area contributed by atoms with Gasteiger partial charge in [-0.25, -0.2) is 0 Å². The molecule has 1 aromatic rings. The summed E-state index contributed by atoms with van der Waals surface area (Å²) in [6, 6.07) is 9.00.